The molecular formula is C19H19N3O5S. The Balaban J connectivity index is 1.53. The van der Waals surface area contributed by atoms with Crippen LogP contribution < -0.4 is 15.4 Å². The Morgan fingerprint density at radius 2 is 2.00 bits per heavy atom. The van der Waals surface area contributed by atoms with Crippen LogP contribution in [0.25, 0.3) is 0 Å². The molecule has 0 spiro atoms. The molecule has 0 radical (unpaired) electrons. The highest BCUT2D eigenvalue weighted by Crippen LogP contribution is 2.19. The number of hydrogen-bond acceptors (Lipinski definition) is 6. The molecule has 1 heterocycles. The number of nitrogens with zero attached hydrogens (tertiary/aromatic N) is 1. The predicted octanol–water partition coefficient (Wildman–Crippen LogP) is 3.28. The minimum Gasteiger partial charge on any atom is -0.491 e. The topological polar surface area (TPSA) is 103 Å². The normalized spacial score (nSPS) is 15.6. The SMILES string of the molecule is O=C(NC(=S)Nc1ccc(OC[C@H]2CCCO2)cc1)c1ccccc1[N+](=O)[O-]. The summed E-state index contributed by atoms with van der Waals surface area (Å²) in [6.45, 7) is 1.29. The smallest absolute Gasteiger partial charge is 0.282 e. The molecule has 1 atom stereocenters. The number of anilines is 1. The molecular weight excluding hydrogens is 382 g/mol. The van der Waals surface area contributed by atoms with Gasteiger partial charge >= 0.3 is 0 Å². The van der Waals surface area contributed by atoms with E-state index in [1.165, 1.54) is 18.2 Å². The standard InChI is InChI=1S/C19H19N3O5S/c23-18(16-5-1-2-6-17(16)22(24)25)21-19(28)20-13-7-9-14(10-8-13)27-12-15-4-3-11-26-15/h1-2,5-10,15H,3-4,11-12H2,(H2,20,21,23,28)/t15-/m1/s1. The van der Waals surface area contributed by atoms with Gasteiger partial charge in [-0.3, -0.25) is 20.2 Å². The van der Waals surface area contributed by atoms with Crippen LogP contribution in [0.1, 0.15) is 23.2 Å². The molecule has 0 aliphatic carbocycles. The first-order valence-electron chi connectivity index (χ1n) is 8.73. The van der Waals surface area contributed by atoms with Gasteiger partial charge in [0.25, 0.3) is 11.6 Å². The first-order chi connectivity index (χ1) is 13.5. The van der Waals surface area contributed by atoms with Gasteiger partial charge in [0.1, 0.15) is 17.9 Å². The van der Waals surface area contributed by atoms with E-state index in [-0.39, 0.29) is 22.5 Å². The van der Waals surface area contributed by atoms with E-state index in [1.807, 2.05) is 0 Å². The molecule has 3 rings (SSSR count). The lowest BCUT2D eigenvalue weighted by Crippen LogP contribution is -2.34. The molecule has 1 aliphatic heterocycles. The predicted molar refractivity (Wildman–Crippen MR) is 108 cm³/mol. The van der Waals surface area contributed by atoms with E-state index in [0.29, 0.717) is 18.0 Å². The zero-order valence-electron chi connectivity index (χ0n) is 14.9. The molecule has 28 heavy (non-hydrogen) atoms. The maximum absolute atomic E-state index is 12.3. The molecule has 8 nitrogen and oxygen atoms in total. The van der Waals surface area contributed by atoms with E-state index in [2.05, 4.69) is 10.6 Å². The third kappa shape index (κ3) is 5.24. The van der Waals surface area contributed by atoms with E-state index in [9.17, 15) is 14.9 Å². The van der Waals surface area contributed by atoms with Crippen molar-refractivity contribution in [2.24, 2.45) is 0 Å². The molecule has 1 fully saturated rings. The molecule has 2 aromatic carbocycles. The Morgan fingerprint density at radius 1 is 1.25 bits per heavy atom. The van der Waals surface area contributed by atoms with Gasteiger partial charge in [-0.05, 0) is 55.4 Å². The summed E-state index contributed by atoms with van der Waals surface area (Å²) in [5.41, 5.74) is 0.308. The van der Waals surface area contributed by atoms with Crippen LogP contribution in [0.5, 0.6) is 5.75 Å². The van der Waals surface area contributed by atoms with E-state index in [0.717, 1.165) is 19.4 Å². The Bertz CT molecular complexity index is 866. The third-order valence-corrected chi connectivity index (χ3v) is 4.35. The van der Waals surface area contributed by atoms with Crippen molar-refractivity contribution in [1.29, 1.82) is 0 Å². The number of benzene rings is 2. The van der Waals surface area contributed by atoms with Gasteiger partial charge in [-0.1, -0.05) is 12.1 Å². The number of carbonyl (C=O) groups excluding carboxylic acids is 1. The van der Waals surface area contributed by atoms with Crippen molar-refractivity contribution in [3.63, 3.8) is 0 Å². The van der Waals surface area contributed by atoms with Crippen LogP contribution in [-0.4, -0.2) is 35.3 Å². The second kappa shape index (κ2) is 9.25. The van der Waals surface area contributed by atoms with Crippen molar-refractivity contribution in [1.82, 2.24) is 5.32 Å². The number of thiocarbonyl (C=S) groups is 1. The maximum Gasteiger partial charge on any atom is 0.282 e. The molecule has 2 aromatic rings. The van der Waals surface area contributed by atoms with E-state index >= 15 is 0 Å². The Hall–Kier alpha value is -3.04. The van der Waals surface area contributed by atoms with Crippen molar-refractivity contribution in [2.75, 3.05) is 18.5 Å². The van der Waals surface area contributed by atoms with Gasteiger partial charge in [-0.2, -0.15) is 0 Å². The van der Waals surface area contributed by atoms with Crippen LogP contribution in [0.4, 0.5) is 11.4 Å². The third-order valence-electron chi connectivity index (χ3n) is 4.14. The Morgan fingerprint density at radius 3 is 2.68 bits per heavy atom. The van der Waals surface area contributed by atoms with Gasteiger partial charge in [0, 0.05) is 18.4 Å². The number of nitro benzene ring substituents is 1. The summed E-state index contributed by atoms with van der Waals surface area (Å²) in [5, 5.41) is 16.4. The Labute approximate surface area is 167 Å². The van der Waals surface area contributed by atoms with E-state index in [1.54, 1.807) is 30.3 Å². The first-order valence-corrected chi connectivity index (χ1v) is 9.14. The summed E-state index contributed by atoms with van der Waals surface area (Å²) < 4.78 is 11.2. The average Bonchev–Trinajstić information content (AvgIpc) is 3.21. The van der Waals surface area contributed by atoms with Crippen molar-refractivity contribution in [3.8, 4) is 5.75 Å². The molecule has 0 bridgehead atoms. The number of ether oxygens (including phenoxy) is 2. The molecule has 0 saturated carbocycles. The molecule has 0 aromatic heterocycles. The van der Waals surface area contributed by atoms with Gasteiger partial charge in [-0.15, -0.1) is 0 Å². The first kappa shape index (κ1) is 19.7. The largest absolute Gasteiger partial charge is 0.491 e. The second-order valence-electron chi connectivity index (χ2n) is 6.15. The second-order valence-corrected chi connectivity index (χ2v) is 6.56. The number of nitrogens with one attached hydrogen (secondary N) is 2. The van der Waals surface area contributed by atoms with Crippen LogP contribution in [0.3, 0.4) is 0 Å². The van der Waals surface area contributed by atoms with Crippen LogP contribution in [0.2, 0.25) is 0 Å². The van der Waals surface area contributed by atoms with Crippen LogP contribution in [-0.2, 0) is 4.74 Å². The number of amides is 1. The van der Waals surface area contributed by atoms with Gasteiger partial charge < -0.3 is 14.8 Å². The van der Waals surface area contributed by atoms with Crippen molar-refractivity contribution in [2.45, 2.75) is 18.9 Å². The summed E-state index contributed by atoms with van der Waals surface area (Å²) in [5.74, 6) is 0.0530. The highest BCUT2D eigenvalue weighted by atomic mass is 32.1. The van der Waals surface area contributed by atoms with Gasteiger partial charge in [-0.25, -0.2) is 0 Å². The van der Waals surface area contributed by atoms with Gasteiger partial charge in [0.15, 0.2) is 5.11 Å². The zero-order valence-corrected chi connectivity index (χ0v) is 15.7. The quantitative estimate of drug-likeness (QED) is 0.435. The lowest BCUT2D eigenvalue weighted by molar-refractivity contribution is -0.385. The number of para-hydroxylation sites is 1. The molecule has 1 saturated heterocycles. The number of carbonyl (C=O) groups is 1. The van der Waals surface area contributed by atoms with Crippen LogP contribution in [0, 0.1) is 10.1 Å². The lowest BCUT2D eigenvalue weighted by atomic mass is 10.1. The van der Waals surface area contributed by atoms with Crippen LogP contribution >= 0.6 is 12.2 Å². The highest BCUT2D eigenvalue weighted by Gasteiger charge is 2.20. The Kier molecular flexibility index (Phi) is 6.51. The summed E-state index contributed by atoms with van der Waals surface area (Å²) in [7, 11) is 0. The fourth-order valence-electron chi connectivity index (χ4n) is 2.76. The molecule has 146 valence electrons. The number of rotatable bonds is 6. The molecule has 0 unspecified atom stereocenters. The van der Waals surface area contributed by atoms with Crippen molar-refractivity contribution in [3.05, 3.63) is 64.2 Å². The zero-order chi connectivity index (χ0) is 19.9. The summed E-state index contributed by atoms with van der Waals surface area (Å²) in [6.07, 6.45) is 2.21. The van der Waals surface area contributed by atoms with E-state index < -0.39 is 10.8 Å². The maximum atomic E-state index is 12.3. The summed E-state index contributed by atoms with van der Waals surface area (Å²) >= 11 is 5.12. The minimum atomic E-state index is -0.652. The molecule has 2 N–H and O–H groups in total. The fraction of sp³-hybridized carbons (Fsp3) is 0.263. The van der Waals surface area contributed by atoms with Crippen molar-refractivity contribution >= 4 is 34.6 Å². The number of hydrogen-bond donors (Lipinski definition) is 2. The monoisotopic (exact) mass is 401 g/mol. The number of nitro groups is 1. The summed E-state index contributed by atoms with van der Waals surface area (Å²) in [6, 6.07) is 12.8. The van der Waals surface area contributed by atoms with Gasteiger partial charge in [0.2, 0.25) is 0 Å². The molecule has 9 heteroatoms. The van der Waals surface area contributed by atoms with Crippen LogP contribution in [0.15, 0.2) is 48.5 Å². The average molecular weight is 401 g/mol. The van der Waals surface area contributed by atoms with Gasteiger partial charge in [0.05, 0.1) is 11.0 Å². The molecule has 1 aliphatic rings. The molecule has 1 amide bonds. The van der Waals surface area contributed by atoms with E-state index in [4.69, 9.17) is 21.7 Å². The fourth-order valence-corrected chi connectivity index (χ4v) is 2.97. The lowest BCUT2D eigenvalue weighted by Gasteiger charge is -2.13. The minimum absolute atomic E-state index is 0.0381. The van der Waals surface area contributed by atoms with Crippen molar-refractivity contribution < 1.29 is 19.2 Å². The highest BCUT2D eigenvalue weighted by molar-refractivity contribution is 7.80. The summed E-state index contributed by atoms with van der Waals surface area (Å²) in [4.78, 5) is 22.7.